The first-order valence-electron chi connectivity index (χ1n) is 11.8. The van der Waals surface area contributed by atoms with Crippen LogP contribution in [0.1, 0.15) is 35.0 Å². The number of aromatic amines is 1. The fraction of sp³-hybridized carbons (Fsp3) is 0.400. The Kier molecular flexibility index (Phi) is 6.26. The van der Waals surface area contributed by atoms with E-state index in [4.69, 9.17) is 4.74 Å². The number of aromatic nitrogens is 4. The molecule has 0 bridgehead atoms. The van der Waals surface area contributed by atoms with E-state index in [1.807, 2.05) is 25.3 Å². The zero-order valence-electron chi connectivity index (χ0n) is 20.1. The van der Waals surface area contributed by atoms with Crippen molar-refractivity contribution >= 4 is 22.5 Å². The summed E-state index contributed by atoms with van der Waals surface area (Å²) in [6.45, 7) is 6.26. The number of halogens is 1. The number of likely N-dealkylation sites (N-methyl/N-ethyl adjacent to an activating group) is 1. The number of amides is 1. The molecule has 1 aliphatic heterocycles. The summed E-state index contributed by atoms with van der Waals surface area (Å²) in [6, 6.07) is 7.18. The largest absolute Gasteiger partial charge is 0.380 e. The molecular formula is C25H30FN7O2. The molecular weight excluding hydrogens is 449 g/mol. The molecule has 1 aromatic carbocycles. The van der Waals surface area contributed by atoms with Crippen molar-refractivity contribution < 1.29 is 13.9 Å². The maximum Gasteiger partial charge on any atom is 0.255 e. The monoisotopic (exact) mass is 479 g/mol. The Morgan fingerprint density at radius 1 is 1.37 bits per heavy atom. The molecule has 10 heteroatoms. The Morgan fingerprint density at radius 3 is 3.03 bits per heavy atom. The molecule has 0 saturated carbocycles. The second-order valence-electron chi connectivity index (χ2n) is 9.07. The second-order valence-corrected chi connectivity index (χ2v) is 9.07. The fourth-order valence-electron chi connectivity index (χ4n) is 5.13. The van der Waals surface area contributed by atoms with Crippen molar-refractivity contribution in [2.24, 2.45) is 0 Å². The number of H-pyrrole nitrogens is 1. The van der Waals surface area contributed by atoms with Gasteiger partial charge in [0, 0.05) is 49.6 Å². The molecule has 0 radical (unpaired) electrons. The Hall–Kier alpha value is -3.34. The zero-order chi connectivity index (χ0) is 24.6. The summed E-state index contributed by atoms with van der Waals surface area (Å²) < 4.78 is 22.6. The number of nitrogens with one attached hydrogen (secondary N) is 3. The van der Waals surface area contributed by atoms with E-state index in [0.29, 0.717) is 35.4 Å². The first kappa shape index (κ1) is 23.4. The number of benzene rings is 1. The normalized spacial score (nSPS) is 18.3. The van der Waals surface area contributed by atoms with E-state index < -0.39 is 11.5 Å². The molecule has 1 aliphatic rings. The van der Waals surface area contributed by atoms with Gasteiger partial charge in [0.25, 0.3) is 5.91 Å². The number of aryl methyl sites for hydroxylation is 1. The summed E-state index contributed by atoms with van der Waals surface area (Å²) >= 11 is 0. The minimum atomic E-state index is -1.11. The summed E-state index contributed by atoms with van der Waals surface area (Å²) in [4.78, 5) is 20.2. The molecule has 1 amide bonds. The average molecular weight is 480 g/mol. The van der Waals surface area contributed by atoms with E-state index in [0.717, 1.165) is 18.4 Å². The number of pyridine rings is 1. The van der Waals surface area contributed by atoms with Crippen LogP contribution < -0.4 is 10.6 Å². The Labute approximate surface area is 202 Å². The molecule has 5 rings (SSSR count). The van der Waals surface area contributed by atoms with Crippen LogP contribution in [-0.2, 0) is 10.4 Å². The third kappa shape index (κ3) is 4.18. The molecule has 0 spiro atoms. The molecule has 35 heavy (non-hydrogen) atoms. The van der Waals surface area contributed by atoms with Crippen molar-refractivity contribution in [3.8, 4) is 0 Å². The maximum atomic E-state index is 15.3. The molecule has 1 fully saturated rings. The zero-order valence-corrected chi connectivity index (χ0v) is 20.1. The van der Waals surface area contributed by atoms with Gasteiger partial charge >= 0.3 is 0 Å². The number of carbonyl (C=O) groups is 1. The molecule has 4 heterocycles. The number of likely N-dealkylation sites (tertiary alicyclic amines) is 1. The van der Waals surface area contributed by atoms with Gasteiger partial charge in [-0.25, -0.2) is 9.37 Å². The van der Waals surface area contributed by atoms with Crippen molar-refractivity contribution in [2.45, 2.75) is 32.0 Å². The molecule has 3 aromatic heterocycles. The van der Waals surface area contributed by atoms with Gasteiger partial charge in [-0.15, -0.1) is 0 Å². The van der Waals surface area contributed by atoms with Crippen LogP contribution >= 0.6 is 0 Å². The molecule has 1 unspecified atom stereocenters. The number of nitrogens with zero attached hydrogens (tertiary/aromatic N) is 4. The van der Waals surface area contributed by atoms with Crippen molar-refractivity contribution in [2.75, 3.05) is 33.4 Å². The number of para-hydroxylation sites is 1. The van der Waals surface area contributed by atoms with Gasteiger partial charge < -0.3 is 19.8 Å². The Balaban J connectivity index is 1.63. The van der Waals surface area contributed by atoms with Crippen LogP contribution in [0.15, 0.2) is 42.9 Å². The maximum absolute atomic E-state index is 15.3. The lowest BCUT2D eigenvalue weighted by Crippen LogP contribution is -2.60. The number of hydrogen-bond acceptors (Lipinski definition) is 6. The standard InChI is InChI=1S/C25H30FN7O2/c1-4-27-19-8-9-33(14-19)25(15-35-3,18-10-21(26)23-29-16(2)12-32(23)13-18)30-24(34)20-7-5-6-17-11-28-31-22(17)20/h5-7,10-13,19,27H,4,8-9,14-15H2,1-3H3,(H,28,31)(H,30,34)/t19-,25?/m1/s1. The molecule has 9 nitrogen and oxygen atoms in total. The first-order chi connectivity index (χ1) is 16.9. The Morgan fingerprint density at radius 2 is 2.23 bits per heavy atom. The third-order valence-electron chi connectivity index (χ3n) is 6.72. The van der Waals surface area contributed by atoms with Crippen molar-refractivity contribution in [1.82, 2.24) is 35.1 Å². The highest BCUT2D eigenvalue weighted by Gasteiger charge is 2.44. The summed E-state index contributed by atoms with van der Waals surface area (Å²) in [5.41, 5.74) is 1.55. The highest BCUT2D eigenvalue weighted by molar-refractivity contribution is 6.05. The lowest BCUT2D eigenvalue weighted by molar-refractivity contribution is -0.00439. The number of rotatable bonds is 8. The van der Waals surface area contributed by atoms with Crippen LogP contribution in [0.5, 0.6) is 0 Å². The quantitative estimate of drug-likeness (QED) is 0.359. The number of imidazole rings is 1. The predicted molar refractivity (Wildman–Crippen MR) is 131 cm³/mol. The van der Waals surface area contributed by atoms with Crippen LogP contribution in [0.2, 0.25) is 0 Å². The molecule has 2 atom stereocenters. The van der Waals surface area contributed by atoms with Gasteiger partial charge in [0.15, 0.2) is 11.5 Å². The van der Waals surface area contributed by atoms with Gasteiger partial charge in [0.2, 0.25) is 0 Å². The predicted octanol–water partition coefficient (Wildman–Crippen LogP) is 2.57. The van der Waals surface area contributed by atoms with Gasteiger partial charge in [-0.1, -0.05) is 19.1 Å². The van der Waals surface area contributed by atoms with Gasteiger partial charge in [0.05, 0.1) is 29.6 Å². The highest BCUT2D eigenvalue weighted by atomic mass is 19.1. The minimum Gasteiger partial charge on any atom is -0.380 e. The van der Waals surface area contributed by atoms with E-state index in [1.165, 1.54) is 6.07 Å². The first-order valence-corrected chi connectivity index (χ1v) is 11.8. The fourth-order valence-corrected chi connectivity index (χ4v) is 5.13. The molecule has 4 aromatic rings. The van der Waals surface area contributed by atoms with E-state index in [9.17, 15) is 4.79 Å². The van der Waals surface area contributed by atoms with Crippen LogP contribution in [0.3, 0.4) is 0 Å². The van der Waals surface area contributed by atoms with Crippen molar-refractivity contribution in [3.63, 3.8) is 0 Å². The number of hydrogen-bond donors (Lipinski definition) is 3. The van der Waals surface area contributed by atoms with Crippen molar-refractivity contribution in [3.05, 3.63) is 65.5 Å². The summed E-state index contributed by atoms with van der Waals surface area (Å²) in [7, 11) is 1.59. The van der Waals surface area contributed by atoms with Gasteiger partial charge in [-0.2, -0.15) is 5.10 Å². The molecule has 0 aliphatic carbocycles. The Bertz CT molecular complexity index is 1370. The number of fused-ring (bicyclic) bond motifs is 2. The topological polar surface area (TPSA) is 99.6 Å². The number of ether oxygens (including phenoxy) is 1. The van der Waals surface area contributed by atoms with Gasteiger partial charge in [-0.3, -0.25) is 14.8 Å². The summed E-state index contributed by atoms with van der Waals surface area (Å²) in [6.07, 6.45) is 6.19. The lowest BCUT2D eigenvalue weighted by atomic mass is 9.98. The van der Waals surface area contributed by atoms with Crippen molar-refractivity contribution in [1.29, 1.82) is 0 Å². The minimum absolute atomic E-state index is 0.134. The van der Waals surface area contributed by atoms with E-state index in [-0.39, 0.29) is 24.2 Å². The molecule has 1 saturated heterocycles. The third-order valence-corrected chi connectivity index (χ3v) is 6.72. The molecule has 184 valence electrons. The van der Waals surface area contributed by atoms with Crippen LogP contribution in [0, 0.1) is 12.7 Å². The van der Waals surface area contributed by atoms with Gasteiger partial charge in [-0.05, 0) is 32.0 Å². The molecule has 3 N–H and O–H groups in total. The summed E-state index contributed by atoms with van der Waals surface area (Å²) in [5.74, 6) is -0.755. The van der Waals surface area contributed by atoms with E-state index in [1.54, 1.807) is 30.0 Å². The van der Waals surface area contributed by atoms with Crippen LogP contribution in [0.4, 0.5) is 4.39 Å². The van der Waals surface area contributed by atoms with Crippen LogP contribution in [-0.4, -0.2) is 69.8 Å². The lowest BCUT2D eigenvalue weighted by Gasteiger charge is -2.42. The average Bonchev–Trinajstić information content (AvgIpc) is 3.58. The second kappa shape index (κ2) is 9.37. The van der Waals surface area contributed by atoms with Gasteiger partial charge in [0.1, 0.15) is 5.66 Å². The highest BCUT2D eigenvalue weighted by Crippen LogP contribution is 2.32. The van der Waals surface area contributed by atoms with E-state index in [2.05, 4.69) is 37.6 Å². The van der Waals surface area contributed by atoms with E-state index >= 15 is 4.39 Å². The van der Waals surface area contributed by atoms with Crippen LogP contribution in [0.25, 0.3) is 16.6 Å². The number of methoxy groups -OCH3 is 1. The smallest absolute Gasteiger partial charge is 0.255 e. The summed E-state index contributed by atoms with van der Waals surface area (Å²) in [5, 5.41) is 14.6. The number of carbonyl (C=O) groups excluding carboxylic acids is 1. The SMILES string of the molecule is CCN[C@@H]1CCN(C(COC)(NC(=O)c2cccc3cn[nH]c23)c2cc(F)c3nc(C)cn3c2)C1.